The summed E-state index contributed by atoms with van der Waals surface area (Å²) in [5.74, 6) is 3.23. The van der Waals surface area contributed by atoms with Crippen molar-refractivity contribution in [3.63, 3.8) is 0 Å². The van der Waals surface area contributed by atoms with E-state index in [1.165, 1.54) is 0 Å². The molecule has 5 rings (SSSR count). The number of H-pyrrole nitrogens is 1. The number of pyridine rings is 2. The third-order valence-corrected chi connectivity index (χ3v) is 5.74. The minimum atomic E-state index is 0.182. The quantitative estimate of drug-likeness (QED) is 0.750. The van der Waals surface area contributed by atoms with E-state index in [9.17, 15) is 0 Å². The van der Waals surface area contributed by atoms with Gasteiger partial charge in [0.2, 0.25) is 5.88 Å². The topological polar surface area (TPSA) is 76.2 Å². The summed E-state index contributed by atoms with van der Waals surface area (Å²) < 4.78 is 11.9. The number of fused-ring (bicyclic) bond motifs is 1. The van der Waals surface area contributed by atoms with Gasteiger partial charge in [0, 0.05) is 43.7 Å². The van der Waals surface area contributed by atoms with Crippen LogP contribution in [0.5, 0.6) is 5.88 Å². The molecule has 0 aromatic carbocycles. The second-order valence-electron chi connectivity index (χ2n) is 7.52. The molecule has 2 aliphatic rings. The predicted octanol–water partition coefficient (Wildman–Crippen LogP) is 3.29. The van der Waals surface area contributed by atoms with Crippen molar-refractivity contribution in [1.29, 1.82) is 0 Å². The van der Waals surface area contributed by atoms with Crippen LogP contribution in [0.15, 0.2) is 36.8 Å². The predicted molar refractivity (Wildman–Crippen MR) is 107 cm³/mol. The third-order valence-electron chi connectivity index (χ3n) is 5.74. The number of hydrogen-bond donors (Lipinski definition) is 1. The minimum absolute atomic E-state index is 0.182. The molecular formula is C21H25N5O2. The Morgan fingerprint density at radius 2 is 1.93 bits per heavy atom. The van der Waals surface area contributed by atoms with E-state index in [2.05, 4.69) is 25.9 Å². The first-order valence-electron chi connectivity index (χ1n) is 10.1. The Kier molecular flexibility index (Phi) is 4.83. The fourth-order valence-electron chi connectivity index (χ4n) is 4.19. The maximum Gasteiger partial charge on any atom is 0.225 e. The van der Waals surface area contributed by atoms with Crippen molar-refractivity contribution in [2.45, 2.75) is 37.7 Å². The van der Waals surface area contributed by atoms with E-state index in [4.69, 9.17) is 14.5 Å². The summed E-state index contributed by atoms with van der Waals surface area (Å²) in [6.07, 6.45) is 9.92. The highest BCUT2D eigenvalue weighted by molar-refractivity contribution is 5.85. The Morgan fingerprint density at radius 3 is 2.71 bits per heavy atom. The number of morpholine rings is 1. The number of rotatable bonds is 4. The molecule has 3 aromatic rings. The minimum Gasteiger partial charge on any atom is -0.474 e. The van der Waals surface area contributed by atoms with E-state index in [0.717, 1.165) is 74.5 Å². The Balaban J connectivity index is 1.36. The lowest BCUT2D eigenvalue weighted by molar-refractivity contribution is 0.121. The first-order chi connectivity index (χ1) is 13.9. The van der Waals surface area contributed by atoms with Gasteiger partial charge in [0.15, 0.2) is 0 Å². The van der Waals surface area contributed by atoms with Crippen LogP contribution in [0.4, 0.5) is 5.82 Å². The lowest BCUT2D eigenvalue weighted by atomic mass is 9.87. The number of ether oxygens (including phenoxy) is 2. The van der Waals surface area contributed by atoms with Gasteiger partial charge < -0.3 is 19.4 Å². The smallest absolute Gasteiger partial charge is 0.225 e. The average Bonchev–Trinajstić information content (AvgIpc) is 3.30. The highest BCUT2D eigenvalue weighted by atomic mass is 16.5. The first kappa shape index (κ1) is 17.4. The van der Waals surface area contributed by atoms with E-state index >= 15 is 0 Å². The molecule has 1 N–H and O–H groups in total. The standard InChI is InChI=1S/C21H25N5O2/c1-2-17-18(22-7-1)14-19(26-10-12-27-13-11-26)25-21(17)28-16-5-3-15(4-6-16)20-23-8-9-24-20/h1-2,7-9,14-16H,3-6,10-13H2,(H,23,24)/t15-,16+. The Morgan fingerprint density at radius 1 is 1.07 bits per heavy atom. The molecule has 4 heterocycles. The largest absolute Gasteiger partial charge is 0.474 e. The Hall–Kier alpha value is -2.67. The van der Waals surface area contributed by atoms with Gasteiger partial charge in [0.25, 0.3) is 0 Å². The van der Waals surface area contributed by atoms with Gasteiger partial charge in [-0.25, -0.2) is 4.98 Å². The lowest BCUT2D eigenvalue weighted by Crippen LogP contribution is -2.36. The molecule has 3 aromatic heterocycles. The normalized spacial score (nSPS) is 23.1. The number of aromatic nitrogens is 4. The van der Waals surface area contributed by atoms with Crippen molar-refractivity contribution in [2.24, 2.45) is 0 Å². The van der Waals surface area contributed by atoms with E-state index in [0.29, 0.717) is 11.8 Å². The fraction of sp³-hybridized carbons (Fsp3) is 0.476. The molecule has 1 saturated heterocycles. The maximum absolute atomic E-state index is 6.43. The molecule has 2 fully saturated rings. The van der Waals surface area contributed by atoms with Gasteiger partial charge in [-0.05, 0) is 37.8 Å². The molecule has 7 nitrogen and oxygen atoms in total. The molecule has 146 valence electrons. The van der Waals surface area contributed by atoms with Gasteiger partial charge in [0.1, 0.15) is 17.7 Å². The van der Waals surface area contributed by atoms with Crippen LogP contribution in [0.25, 0.3) is 10.9 Å². The molecule has 0 radical (unpaired) electrons. The Labute approximate surface area is 164 Å². The van der Waals surface area contributed by atoms with Gasteiger partial charge in [-0.2, -0.15) is 4.98 Å². The summed E-state index contributed by atoms with van der Waals surface area (Å²) in [5.41, 5.74) is 0.929. The van der Waals surface area contributed by atoms with E-state index < -0.39 is 0 Å². The van der Waals surface area contributed by atoms with Crippen LogP contribution >= 0.6 is 0 Å². The van der Waals surface area contributed by atoms with Gasteiger partial charge >= 0.3 is 0 Å². The highest BCUT2D eigenvalue weighted by Gasteiger charge is 2.26. The molecular weight excluding hydrogens is 354 g/mol. The number of aromatic amines is 1. The zero-order valence-electron chi connectivity index (χ0n) is 15.9. The second-order valence-corrected chi connectivity index (χ2v) is 7.52. The summed E-state index contributed by atoms with van der Waals surface area (Å²) in [7, 11) is 0. The molecule has 0 atom stereocenters. The molecule has 28 heavy (non-hydrogen) atoms. The zero-order chi connectivity index (χ0) is 18.8. The van der Waals surface area contributed by atoms with Crippen LogP contribution in [-0.4, -0.2) is 52.3 Å². The fourth-order valence-corrected chi connectivity index (χ4v) is 4.19. The van der Waals surface area contributed by atoms with Crippen molar-refractivity contribution in [3.05, 3.63) is 42.6 Å². The van der Waals surface area contributed by atoms with Crippen LogP contribution in [0.3, 0.4) is 0 Å². The van der Waals surface area contributed by atoms with Crippen molar-refractivity contribution in [1.82, 2.24) is 19.9 Å². The van der Waals surface area contributed by atoms with Gasteiger partial charge in [-0.15, -0.1) is 0 Å². The van der Waals surface area contributed by atoms with Gasteiger partial charge in [-0.3, -0.25) is 4.98 Å². The Bertz CT molecular complexity index is 916. The molecule has 7 heteroatoms. The van der Waals surface area contributed by atoms with Crippen molar-refractivity contribution < 1.29 is 9.47 Å². The number of imidazole rings is 1. The van der Waals surface area contributed by atoms with Crippen LogP contribution in [-0.2, 0) is 4.74 Å². The lowest BCUT2D eigenvalue weighted by Gasteiger charge is -2.30. The molecule has 0 unspecified atom stereocenters. The maximum atomic E-state index is 6.43. The van der Waals surface area contributed by atoms with Gasteiger partial charge in [0.05, 0.1) is 24.1 Å². The number of hydrogen-bond acceptors (Lipinski definition) is 6. The van der Waals surface area contributed by atoms with Crippen molar-refractivity contribution in [3.8, 4) is 5.88 Å². The number of nitrogens with one attached hydrogen (secondary N) is 1. The molecule has 0 spiro atoms. The van der Waals surface area contributed by atoms with Crippen molar-refractivity contribution in [2.75, 3.05) is 31.2 Å². The van der Waals surface area contributed by atoms with Crippen molar-refractivity contribution >= 4 is 16.7 Å². The molecule has 0 amide bonds. The monoisotopic (exact) mass is 379 g/mol. The van der Waals surface area contributed by atoms with Crippen LogP contribution < -0.4 is 9.64 Å². The van der Waals surface area contributed by atoms with Crippen LogP contribution in [0.1, 0.15) is 37.4 Å². The second kappa shape index (κ2) is 7.75. The SMILES string of the molecule is c1cnc2cc(N3CCOCC3)nc(O[C@H]3CC[C@@H](c4ncc[nH]4)CC3)c2c1. The summed E-state index contributed by atoms with van der Waals surface area (Å²) in [4.78, 5) is 19.3. The highest BCUT2D eigenvalue weighted by Crippen LogP contribution is 2.35. The average molecular weight is 379 g/mol. The first-order valence-corrected chi connectivity index (χ1v) is 10.1. The number of nitrogens with zero attached hydrogens (tertiary/aromatic N) is 4. The molecule has 0 bridgehead atoms. The van der Waals surface area contributed by atoms with E-state index in [1.54, 1.807) is 0 Å². The van der Waals surface area contributed by atoms with E-state index in [-0.39, 0.29) is 6.10 Å². The summed E-state index contributed by atoms with van der Waals surface area (Å²) >= 11 is 0. The summed E-state index contributed by atoms with van der Waals surface area (Å²) in [6.45, 7) is 3.15. The third kappa shape index (κ3) is 3.54. The van der Waals surface area contributed by atoms with Crippen LogP contribution in [0.2, 0.25) is 0 Å². The molecule has 1 aliphatic carbocycles. The number of anilines is 1. The zero-order valence-corrected chi connectivity index (χ0v) is 15.9. The molecule has 1 aliphatic heterocycles. The van der Waals surface area contributed by atoms with Crippen LogP contribution in [0, 0.1) is 0 Å². The van der Waals surface area contributed by atoms with Gasteiger partial charge in [-0.1, -0.05) is 0 Å². The summed E-state index contributed by atoms with van der Waals surface area (Å²) in [6, 6.07) is 6.04. The summed E-state index contributed by atoms with van der Waals surface area (Å²) in [5, 5.41) is 0.979. The van der Waals surface area contributed by atoms with E-state index in [1.807, 2.05) is 30.7 Å². The molecule has 1 saturated carbocycles.